The molecule has 0 radical (unpaired) electrons. The topological polar surface area (TPSA) is 55.8 Å². The van der Waals surface area contributed by atoms with E-state index in [4.69, 9.17) is 9.47 Å². The van der Waals surface area contributed by atoms with Gasteiger partial charge in [-0.2, -0.15) is 0 Å². The molecule has 0 atom stereocenters. The van der Waals surface area contributed by atoms with Crippen molar-refractivity contribution in [3.8, 4) is 0 Å². The predicted molar refractivity (Wildman–Crippen MR) is 76.3 cm³/mol. The zero-order valence-electron chi connectivity index (χ0n) is 12.8. The van der Waals surface area contributed by atoms with E-state index in [-0.39, 0.29) is 12.1 Å². The first kappa shape index (κ1) is 16.5. The molecule has 1 aliphatic rings. The van der Waals surface area contributed by atoms with Gasteiger partial charge in [0.25, 0.3) is 0 Å². The maximum atomic E-state index is 11.9. The van der Waals surface area contributed by atoms with Crippen LogP contribution < -0.4 is 0 Å². The van der Waals surface area contributed by atoms with Crippen LogP contribution in [0.1, 0.15) is 40.5 Å². The van der Waals surface area contributed by atoms with Gasteiger partial charge in [0.1, 0.15) is 5.60 Å². The van der Waals surface area contributed by atoms with Gasteiger partial charge < -0.3 is 14.4 Å². The molecule has 0 aromatic heterocycles. The molecule has 0 unspecified atom stereocenters. The third kappa shape index (κ3) is 6.08. The predicted octanol–water partition coefficient (Wildman–Crippen LogP) is 2.75. The molecule has 0 N–H and O–H groups in total. The molecular weight excluding hydrogens is 258 g/mol. The minimum Gasteiger partial charge on any atom is -0.463 e. The molecule has 20 heavy (non-hydrogen) atoms. The summed E-state index contributed by atoms with van der Waals surface area (Å²) in [7, 11) is 0. The van der Waals surface area contributed by atoms with Gasteiger partial charge in [-0.15, -0.1) is 0 Å². The van der Waals surface area contributed by atoms with Crippen molar-refractivity contribution in [3.63, 3.8) is 0 Å². The second kappa shape index (κ2) is 7.31. The Balaban J connectivity index is 2.36. The molecule has 5 nitrogen and oxygen atoms in total. The van der Waals surface area contributed by atoms with Crippen molar-refractivity contribution in [2.45, 2.75) is 46.1 Å². The van der Waals surface area contributed by atoms with Gasteiger partial charge in [-0.25, -0.2) is 9.59 Å². The summed E-state index contributed by atoms with van der Waals surface area (Å²) in [6.07, 6.45) is 4.79. The van der Waals surface area contributed by atoms with Crippen molar-refractivity contribution in [2.75, 3.05) is 19.7 Å². The molecule has 0 aromatic rings. The van der Waals surface area contributed by atoms with E-state index in [0.717, 1.165) is 12.8 Å². The van der Waals surface area contributed by atoms with Crippen LogP contribution in [-0.2, 0) is 14.3 Å². The van der Waals surface area contributed by atoms with E-state index >= 15 is 0 Å². The standard InChI is InChI=1S/C15H25NO4/c1-5-19-13(17)7-6-12-8-10-16(11-9-12)14(18)20-15(2,3)4/h6-7,12H,5,8-11H2,1-4H3/b7-6+. The summed E-state index contributed by atoms with van der Waals surface area (Å²) in [6.45, 7) is 9.07. The Morgan fingerprint density at radius 1 is 1.25 bits per heavy atom. The number of carbonyl (C=O) groups is 2. The molecule has 0 bridgehead atoms. The third-order valence-electron chi connectivity index (χ3n) is 2.98. The first-order chi connectivity index (χ1) is 9.31. The van der Waals surface area contributed by atoms with E-state index in [1.165, 1.54) is 6.08 Å². The van der Waals surface area contributed by atoms with Crippen molar-refractivity contribution in [3.05, 3.63) is 12.2 Å². The van der Waals surface area contributed by atoms with Crippen molar-refractivity contribution in [1.29, 1.82) is 0 Å². The monoisotopic (exact) mass is 283 g/mol. The van der Waals surface area contributed by atoms with Gasteiger partial charge >= 0.3 is 12.1 Å². The number of hydrogen-bond donors (Lipinski definition) is 0. The van der Waals surface area contributed by atoms with E-state index in [2.05, 4.69) is 0 Å². The molecule has 0 aliphatic carbocycles. The van der Waals surface area contributed by atoms with E-state index in [1.54, 1.807) is 11.8 Å². The molecule has 114 valence electrons. The molecular formula is C15H25NO4. The van der Waals surface area contributed by atoms with Gasteiger partial charge in [0.15, 0.2) is 0 Å². The lowest BCUT2D eigenvalue weighted by Crippen LogP contribution is -2.41. The minimum absolute atomic E-state index is 0.259. The number of piperidine rings is 1. The lowest BCUT2D eigenvalue weighted by Gasteiger charge is -2.32. The van der Waals surface area contributed by atoms with Gasteiger partial charge in [-0.1, -0.05) is 6.08 Å². The highest BCUT2D eigenvalue weighted by atomic mass is 16.6. The number of amides is 1. The second-order valence-electron chi connectivity index (χ2n) is 5.92. The summed E-state index contributed by atoms with van der Waals surface area (Å²) in [5.74, 6) is 0.0140. The molecule has 1 fully saturated rings. The Kier molecular flexibility index (Phi) is 6.05. The number of nitrogens with zero attached hydrogens (tertiary/aromatic N) is 1. The van der Waals surface area contributed by atoms with Crippen LogP contribution in [-0.4, -0.2) is 42.3 Å². The largest absolute Gasteiger partial charge is 0.463 e. The molecule has 1 aliphatic heterocycles. The van der Waals surface area contributed by atoms with Crippen LogP contribution in [0, 0.1) is 5.92 Å². The summed E-state index contributed by atoms with van der Waals surface area (Å²) in [5, 5.41) is 0. The van der Waals surface area contributed by atoms with Crippen LogP contribution in [0.15, 0.2) is 12.2 Å². The number of rotatable bonds is 3. The first-order valence-electron chi connectivity index (χ1n) is 7.14. The summed E-state index contributed by atoms with van der Waals surface area (Å²) in [6, 6.07) is 0. The molecule has 1 heterocycles. The number of ether oxygens (including phenoxy) is 2. The van der Waals surface area contributed by atoms with Gasteiger partial charge in [-0.05, 0) is 46.5 Å². The quantitative estimate of drug-likeness (QED) is 0.590. The Morgan fingerprint density at radius 3 is 2.35 bits per heavy atom. The fraction of sp³-hybridized carbons (Fsp3) is 0.733. The molecule has 1 rings (SSSR count). The number of allylic oxidation sites excluding steroid dienone is 1. The van der Waals surface area contributed by atoms with Crippen molar-refractivity contribution >= 4 is 12.1 Å². The average Bonchev–Trinajstić information content (AvgIpc) is 2.35. The molecule has 1 saturated heterocycles. The van der Waals surface area contributed by atoms with Crippen molar-refractivity contribution < 1.29 is 19.1 Å². The number of carbonyl (C=O) groups excluding carboxylic acids is 2. The Morgan fingerprint density at radius 2 is 1.85 bits per heavy atom. The lowest BCUT2D eigenvalue weighted by molar-refractivity contribution is -0.137. The van der Waals surface area contributed by atoms with Crippen LogP contribution in [0.2, 0.25) is 0 Å². The van der Waals surface area contributed by atoms with E-state index in [9.17, 15) is 9.59 Å². The molecule has 0 aromatic carbocycles. The number of hydrogen-bond acceptors (Lipinski definition) is 4. The highest BCUT2D eigenvalue weighted by Gasteiger charge is 2.25. The summed E-state index contributed by atoms with van der Waals surface area (Å²) < 4.78 is 10.2. The maximum Gasteiger partial charge on any atom is 0.410 e. The molecule has 1 amide bonds. The van der Waals surface area contributed by atoms with Crippen LogP contribution in [0.5, 0.6) is 0 Å². The van der Waals surface area contributed by atoms with Crippen molar-refractivity contribution in [1.82, 2.24) is 4.90 Å². The van der Waals surface area contributed by atoms with Crippen LogP contribution in [0.25, 0.3) is 0 Å². The maximum absolute atomic E-state index is 11.9. The van der Waals surface area contributed by atoms with Crippen LogP contribution >= 0.6 is 0 Å². The Labute approximate surface area is 120 Å². The number of likely N-dealkylation sites (tertiary alicyclic amines) is 1. The molecule has 0 spiro atoms. The number of esters is 1. The Hall–Kier alpha value is -1.52. The highest BCUT2D eigenvalue weighted by Crippen LogP contribution is 2.20. The summed E-state index contributed by atoms with van der Waals surface area (Å²) >= 11 is 0. The Bertz CT molecular complexity index is 363. The van der Waals surface area contributed by atoms with E-state index in [0.29, 0.717) is 25.6 Å². The van der Waals surface area contributed by atoms with Gasteiger partial charge in [0, 0.05) is 19.2 Å². The van der Waals surface area contributed by atoms with Crippen molar-refractivity contribution in [2.24, 2.45) is 5.92 Å². The summed E-state index contributed by atoms with van der Waals surface area (Å²) in [5.41, 5.74) is -0.461. The van der Waals surface area contributed by atoms with Gasteiger partial charge in [0.2, 0.25) is 0 Å². The molecule has 0 saturated carbocycles. The van der Waals surface area contributed by atoms with Crippen LogP contribution in [0.3, 0.4) is 0 Å². The zero-order valence-corrected chi connectivity index (χ0v) is 12.8. The summed E-state index contributed by atoms with van der Waals surface area (Å²) in [4.78, 5) is 24.8. The van der Waals surface area contributed by atoms with Gasteiger partial charge in [-0.3, -0.25) is 0 Å². The minimum atomic E-state index is -0.461. The normalized spacial score (nSPS) is 17.3. The third-order valence-corrected chi connectivity index (χ3v) is 2.98. The average molecular weight is 283 g/mol. The fourth-order valence-corrected chi connectivity index (χ4v) is 2.01. The fourth-order valence-electron chi connectivity index (χ4n) is 2.01. The zero-order chi connectivity index (χ0) is 15.2. The molecule has 5 heteroatoms. The van der Waals surface area contributed by atoms with E-state index in [1.807, 2.05) is 26.8 Å². The first-order valence-corrected chi connectivity index (χ1v) is 7.14. The highest BCUT2D eigenvalue weighted by molar-refractivity contribution is 5.81. The smallest absolute Gasteiger partial charge is 0.410 e. The lowest BCUT2D eigenvalue weighted by atomic mass is 9.96. The van der Waals surface area contributed by atoms with Crippen LogP contribution in [0.4, 0.5) is 4.79 Å². The van der Waals surface area contributed by atoms with Gasteiger partial charge in [0.05, 0.1) is 6.61 Å². The SMILES string of the molecule is CCOC(=O)/C=C/C1CCN(C(=O)OC(C)(C)C)CC1. The second-order valence-corrected chi connectivity index (χ2v) is 5.92. The van der Waals surface area contributed by atoms with E-state index < -0.39 is 5.60 Å².